The minimum Gasteiger partial charge on any atom is -0.497 e. The van der Waals surface area contributed by atoms with Crippen LogP contribution in [0.15, 0.2) is 24.3 Å². The van der Waals surface area contributed by atoms with Gasteiger partial charge in [-0.3, -0.25) is 4.79 Å². The van der Waals surface area contributed by atoms with Gasteiger partial charge in [-0.2, -0.15) is 0 Å². The van der Waals surface area contributed by atoms with Crippen LogP contribution >= 0.6 is 0 Å². The van der Waals surface area contributed by atoms with Crippen LogP contribution in [0.2, 0.25) is 0 Å². The third-order valence-electron chi connectivity index (χ3n) is 2.77. The second-order valence-corrected chi connectivity index (χ2v) is 3.93. The van der Waals surface area contributed by atoms with E-state index < -0.39 is 0 Å². The Morgan fingerprint density at radius 3 is 3.00 bits per heavy atom. The van der Waals surface area contributed by atoms with Crippen molar-refractivity contribution in [2.75, 3.05) is 20.2 Å². The van der Waals surface area contributed by atoms with Crippen LogP contribution in [0, 0.1) is 0 Å². The Balaban J connectivity index is 2.14. The molecule has 1 fully saturated rings. The maximum absolute atomic E-state index is 12.0. The van der Waals surface area contributed by atoms with E-state index in [9.17, 15) is 9.90 Å². The first-order chi connectivity index (χ1) is 7.70. The van der Waals surface area contributed by atoms with Crippen LogP contribution in [0.25, 0.3) is 0 Å². The molecule has 1 N–H and O–H groups in total. The van der Waals surface area contributed by atoms with E-state index in [0.717, 1.165) is 0 Å². The number of likely N-dealkylation sites (tertiary alicyclic amines) is 1. The lowest BCUT2D eigenvalue weighted by atomic mass is 10.2. The number of hydrogen-bond donors (Lipinski definition) is 1. The van der Waals surface area contributed by atoms with Gasteiger partial charge in [0.05, 0.1) is 13.2 Å². The molecule has 1 aliphatic heterocycles. The molecule has 0 aliphatic carbocycles. The van der Waals surface area contributed by atoms with Crippen molar-refractivity contribution in [2.24, 2.45) is 0 Å². The number of amides is 1. The van der Waals surface area contributed by atoms with Crippen molar-refractivity contribution in [2.45, 2.75) is 12.5 Å². The van der Waals surface area contributed by atoms with Gasteiger partial charge in [-0.05, 0) is 24.6 Å². The van der Waals surface area contributed by atoms with Crippen LogP contribution in [0.1, 0.15) is 16.8 Å². The number of rotatable bonds is 2. The van der Waals surface area contributed by atoms with Crippen molar-refractivity contribution in [3.63, 3.8) is 0 Å². The molecule has 0 spiro atoms. The Kier molecular flexibility index (Phi) is 3.10. The van der Waals surface area contributed by atoms with Crippen molar-refractivity contribution in [3.8, 4) is 5.75 Å². The summed E-state index contributed by atoms with van der Waals surface area (Å²) in [5.74, 6) is 0.626. The molecule has 1 aromatic carbocycles. The van der Waals surface area contributed by atoms with E-state index >= 15 is 0 Å². The molecule has 1 aliphatic rings. The van der Waals surface area contributed by atoms with Crippen LogP contribution in [0.5, 0.6) is 5.75 Å². The number of aliphatic hydroxyl groups excluding tert-OH is 1. The monoisotopic (exact) mass is 221 g/mol. The summed E-state index contributed by atoms with van der Waals surface area (Å²) in [5, 5.41) is 9.38. The quantitative estimate of drug-likeness (QED) is 0.807. The number of ether oxygens (including phenoxy) is 1. The highest BCUT2D eigenvalue weighted by atomic mass is 16.5. The van der Waals surface area contributed by atoms with Crippen molar-refractivity contribution in [1.29, 1.82) is 0 Å². The Morgan fingerprint density at radius 2 is 2.38 bits per heavy atom. The molecule has 0 saturated carbocycles. The molecule has 0 aromatic heterocycles. The fraction of sp³-hybridized carbons (Fsp3) is 0.417. The number of hydrogen-bond acceptors (Lipinski definition) is 3. The summed E-state index contributed by atoms with van der Waals surface area (Å²) in [7, 11) is 1.57. The number of nitrogens with zero attached hydrogens (tertiary/aromatic N) is 1. The van der Waals surface area contributed by atoms with Gasteiger partial charge in [0.2, 0.25) is 0 Å². The highest BCUT2D eigenvalue weighted by Crippen LogP contribution is 2.17. The molecule has 1 saturated heterocycles. The van der Waals surface area contributed by atoms with Gasteiger partial charge in [0, 0.05) is 18.7 Å². The number of benzene rings is 1. The second-order valence-electron chi connectivity index (χ2n) is 3.93. The summed E-state index contributed by atoms with van der Waals surface area (Å²) >= 11 is 0. The maximum atomic E-state index is 12.0. The molecule has 0 bridgehead atoms. The van der Waals surface area contributed by atoms with Gasteiger partial charge in [0.25, 0.3) is 5.91 Å². The van der Waals surface area contributed by atoms with Crippen LogP contribution in [0.3, 0.4) is 0 Å². The molecule has 1 heterocycles. The van der Waals surface area contributed by atoms with Gasteiger partial charge in [-0.15, -0.1) is 0 Å². The summed E-state index contributed by atoms with van der Waals surface area (Å²) in [4.78, 5) is 13.7. The van der Waals surface area contributed by atoms with Crippen LogP contribution in [-0.4, -0.2) is 42.2 Å². The fourth-order valence-electron chi connectivity index (χ4n) is 1.86. The van der Waals surface area contributed by atoms with Crippen LogP contribution < -0.4 is 4.74 Å². The highest BCUT2D eigenvalue weighted by molar-refractivity contribution is 5.94. The molecule has 1 amide bonds. The topological polar surface area (TPSA) is 49.8 Å². The molecule has 2 rings (SSSR count). The summed E-state index contributed by atoms with van der Waals surface area (Å²) < 4.78 is 5.07. The molecule has 16 heavy (non-hydrogen) atoms. The van der Waals surface area contributed by atoms with Gasteiger partial charge in [0.1, 0.15) is 5.75 Å². The lowest BCUT2D eigenvalue weighted by Crippen LogP contribution is -2.29. The molecule has 1 atom stereocenters. The summed E-state index contributed by atoms with van der Waals surface area (Å²) in [6, 6.07) is 7.07. The molecule has 1 aromatic rings. The fourth-order valence-corrected chi connectivity index (χ4v) is 1.86. The standard InChI is InChI=1S/C12H15NO3/c1-16-11-4-2-3-9(7-11)12(15)13-6-5-10(14)8-13/h2-4,7,10,14H,5-6,8H2,1H3/t10-/m1/s1. The average molecular weight is 221 g/mol. The molecule has 86 valence electrons. The zero-order chi connectivity index (χ0) is 11.5. The zero-order valence-electron chi connectivity index (χ0n) is 9.22. The first-order valence-corrected chi connectivity index (χ1v) is 5.32. The van der Waals surface area contributed by atoms with E-state index in [0.29, 0.717) is 30.8 Å². The Morgan fingerprint density at radius 1 is 1.56 bits per heavy atom. The molecule has 0 unspecified atom stereocenters. The molecule has 4 heteroatoms. The molecular weight excluding hydrogens is 206 g/mol. The van der Waals surface area contributed by atoms with Gasteiger partial charge in [-0.1, -0.05) is 6.07 Å². The minimum atomic E-state index is -0.380. The van der Waals surface area contributed by atoms with Gasteiger partial charge >= 0.3 is 0 Å². The Bertz CT molecular complexity index is 392. The number of carbonyl (C=O) groups excluding carboxylic acids is 1. The Labute approximate surface area is 94.4 Å². The zero-order valence-corrected chi connectivity index (χ0v) is 9.22. The molecule has 0 radical (unpaired) electrons. The predicted molar refractivity (Wildman–Crippen MR) is 59.5 cm³/mol. The van der Waals surface area contributed by atoms with E-state index in [1.54, 1.807) is 36.3 Å². The lowest BCUT2D eigenvalue weighted by molar-refractivity contribution is 0.0764. The SMILES string of the molecule is COc1cccc(C(=O)N2CC[C@@H](O)C2)c1. The predicted octanol–water partition coefficient (Wildman–Crippen LogP) is 0.902. The third kappa shape index (κ3) is 2.17. The third-order valence-corrected chi connectivity index (χ3v) is 2.77. The smallest absolute Gasteiger partial charge is 0.254 e. The lowest BCUT2D eigenvalue weighted by Gasteiger charge is -2.15. The van der Waals surface area contributed by atoms with Gasteiger partial charge in [0.15, 0.2) is 0 Å². The number of carbonyl (C=O) groups is 1. The number of β-amino-alcohol motifs (C(OH)–C–C–N with tert-alkyl or cyclic N) is 1. The first-order valence-electron chi connectivity index (χ1n) is 5.32. The number of aliphatic hydroxyl groups is 1. The van der Waals surface area contributed by atoms with Gasteiger partial charge in [-0.25, -0.2) is 0 Å². The van der Waals surface area contributed by atoms with E-state index in [4.69, 9.17) is 4.74 Å². The number of methoxy groups -OCH3 is 1. The second kappa shape index (κ2) is 4.53. The van der Waals surface area contributed by atoms with E-state index in [2.05, 4.69) is 0 Å². The Hall–Kier alpha value is -1.55. The van der Waals surface area contributed by atoms with Crippen LogP contribution in [-0.2, 0) is 0 Å². The average Bonchev–Trinajstić information content (AvgIpc) is 2.75. The highest BCUT2D eigenvalue weighted by Gasteiger charge is 2.25. The van der Waals surface area contributed by atoms with Crippen LogP contribution in [0.4, 0.5) is 0 Å². The largest absolute Gasteiger partial charge is 0.497 e. The summed E-state index contributed by atoms with van der Waals surface area (Å²) in [5.41, 5.74) is 0.605. The van der Waals surface area contributed by atoms with E-state index in [1.807, 2.05) is 0 Å². The summed E-state index contributed by atoms with van der Waals surface area (Å²) in [6.45, 7) is 1.05. The minimum absolute atomic E-state index is 0.0459. The normalized spacial score (nSPS) is 19.9. The first kappa shape index (κ1) is 11.0. The molecular formula is C12H15NO3. The van der Waals surface area contributed by atoms with Crippen molar-refractivity contribution < 1.29 is 14.6 Å². The van der Waals surface area contributed by atoms with Crippen molar-refractivity contribution in [3.05, 3.63) is 29.8 Å². The van der Waals surface area contributed by atoms with E-state index in [1.165, 1.54) is 0 Å². The maximum Gasteiger partial charge on any atom is 0.254 e. The van der Waals surface area contributed by atoms with E-state index in [-0.39, 0.29) is 12.0 Å². The van der Waals surface area contributed by atoms with Crippen molar-refractivity contribution in [1.82, 2.24) is 4.90 Å². The molecule has 4 nitrogen and oxygen atoms in total. The van der Waals surface area contributed by atoms with Gasteiger partial charge < -0.3 is 14.7 Å². The van der Waals surface area contributed by atoms with Crippen molar-refractivity contribution >= 4 is 5.91 Å². The summed E-state index contributed by atoms with van der Waals surface area (Å²) in [6.07, 6.45) is 0.282.